The zero-order valence-corrected chi connectivity index (χ0v) is 21.7. The third-order valence-electron chi connectivity index (χ3n) is 7.99. The molecule has 0 radical (unpaired) electrons. The Morgan fingerprint density at radius 1 is 0.784 bits per heavy atom. The highest BCUT2D eigenvalue weighted by atomic mass is 79.9. The Morgan fingerprint density at radius 3 is 2.03 bits per heavy atom. The molecule has 180 valence electrons. The van der Waals surface area contributed by atoms with E-state index in [9.17, 15) is 14.4 Å². The lowest BCUT2D eigenvalue weighted by atomic mass is 9.55. The predicted molar refractivity (Wildman–Crippen MR) is 145 cm³/mol. The molecule has 0 aromatic heterocycles. The smallest absolute Gasteiger partial charge is 0.239 e. The number of benzene rings is 4. The second-order valence-corrected chi connectivity index (χ2v) is 11.4. The standard InChI is InChI=1S/C31H19BrClNO3/c32-31-22-12-6-4-10-19(22)25(20-11-5-7-13-23(20)31)26-27(31)30(37)34(29(26)36)24-15-14-18(33)16-21(24)28(35)17-8-2-1-3-9-17/h1-16,25-27H/t25?,26-,27-,31?/m1/s1. The van der Waals surface area contributed by atoms with Gasteiger partial charge in [-0.1, -0.05) is 106 Å². The van der Waals surface area contributed by atoms with Gasteiger partial charge in [-0.05, 0) is 40.5 Å². The lowest BCUT2D eigenvalue weighted by Crippen LogP contribution is -2.50. The van der Waals surface area contributed by atoms with Crippen LogP contribution in [0.1, 0.15) is 44.1 Å². The maximum Gasteiger partial charge on any atom is 0.239 e. The minimum Gasteiger partial charge on any atom is -0.289 e. The zero-order valence-electron chi connectivity index (χ0n) is 19.4. The number of ketones is 1. The fourth-order valence-corrected chi connectivity index (χ4v) is 7.92. The molecule has 1 saturated heterocycles. The first kappa shape index (κ1) is 22.6. The molecule has 6 heteroatoms. The largest absolute Gasteiger partial charge is 0.289 e. The molecule has 3 aliphatic carbocycles. The summed E-state index contributed by atoms with van der Waals surface area (Å²) in [6.07, 6.45) is 0. The Labute approximate surface area is 227 Å². The highest BCUT2D eigenvalue weighted by Gasteiger charge is 2.67. The lowest BCUT2D eigenvalue weighted by Gasteiger charge is -2.51. The number of carbonyl (C=O) groups excluding carboxylic acids is 3. The average molecular weight is 569 g/mol. The van der Waals surface area contributed by atoms with E-state index in [0.717, 1.165) is 22.3 Å². The number of imide groups is 1. The van der Waals surface area contributed by atoms with E-state index >= 15 is 0 Å². The van der Waals surface area contributed by atoms with E-state index in [0.29, 0.717) is 10.6 Å². The maximum absolute atomic E-state index is 14.3. The van der Waals surface area contributed by atoms with Crippen molar-refractivity contribution in [3.63, 3.8) is 0 Å². The van der Waals surface area contributed by atoms with Crippen molar-refractivity contribution in [2.75, 3.05) is 4.90 Å². The SMILES string of the molecule is O=C(c1ccccc1)c1cc(Cl)ccc1N1C(=O)[C@@H]2C3c4ccccc4C(Br)(c4ccccc43)[C@H]2C1=O. The Hall–Kier alpha value is -3.54. The number of carbonyl (C=O) groups is 3. The van der Waals surface area contributed by atoms with Crippen molar-refractivity contribution in [1.29, 1.82) is 0 Å². The molecule has 0 unspecified atom stereocenters. The van der Waals surface area contributed by atoms with Crippen molar-refractivity contribution in [2.45, 2.75) is 10.2 Å². The summed E-state index contributed by atoms with van der Waals surface area (Å²) in [4.78, 5) is 43.3. The van der Waals surface area contributed by atoms with E-state index in [1.165, 1.54) is 11.0 Å². The summed E-state index contributed by atoms with van der Waals surface area (Å²) in [5, 5.41) is 0.358. The quantitative estimate of drug-likeness (QED) is 0.162. The van der Waals surface area contributed by atoms with Gasteiger partial charge in [0.1, 0.15) is 0 Å². The number of amides is 2. The van der Waals surface area contributed by atoms with E-state index in [1.54, 1.807) is 36.4 Å². The Bertz CT molecular complexity index is 1600. The van der Waals surface area contributed by atoms with E-state index in [2.05, 4.69) is 28.1 Å². The molecule has 0 N–H and O–H groups in total. The van der Waals surface area contributed by atoms with E-state index in [4.69, 9.17) is 11.6 Å². The molecule has 4 aromatic rings. The molecule has 4 nitrogen and oxygen atoms in total. The fourth-order valence-electron chi connectivity index (χ4n) is 6.55. The van der Waals surface area contributed by atoms with E-state index < -0.39 is 16.2 Å². The van der Waals surface area contributed by atoms with Gasteiger partial charge in [0.05, 0.1) is 21.8 Å². The highest BCUT2D eigenvalue weighted by molar-refractivity contribution is 9.09. The molecule has 37 heavy (non-hydrogen) atoms. The summed E-state index contributed by atoms with van der Waals surface area (Å²) in [7, 11) is 0. The van der Waals surface area contributed by atoms with Crippen molar-refractivity contribution in [3.8, 4) is 0 Å². The molecule has 2 atom stereocenters. The lowest BCUT2D eigenvalue weighted by molar-refractivity contribution is -0.122. The second-order valence-electron chi connectivity index (χ2n) is 9.74. The Kier molecular flexibility index (Phi) is 4.88. The van der Waals surface area contributed by atoms with Gasteiger partial charge in [0.2, 0.25) is 11.8 Å². The molecule has 4 aromatic carbocycles. The minimum atomic E-state index is -0.850. The number of alkyl halides is 1. The van der Waals surface area contributed by atoms with Crippen LogP contribution in [0.4, 0.5) is 5.69 Å². The van der Waals surface area contributed by atoms with Crippen LogP contribution in [0.25, 0.3) is 0 Å². The first-order chi connectivity index (χ1) is 17.9. The summed E-state index contributed by atoms with van der Waals surface area (Å²) in [5.74, 6) is -2.39. The summed E-state index contributed by atoms with van der Waals surface area (Å²) < 4.78 is -0.850. The van der Waals surface area contributed by atoms with Crippen LogP contribution in [0.15, 0.2) is 97.1 Å². The van der Waals surface area contributed by atoms with Crippen molar-refractivity contribution in [1.82, 2.24) is 0 Å². The highest BCUT2D eigenvalue weighted by Crippen LogP contribution is 2.66. The molecule has 0 spiro atoms. The number of hydrogen-bond acceptors (Lipinski definition) is 3. The minimum absolute atomic E-state index is 0.227. The Balaban J connectivity index is 1.42. The number of anilines is 1. The van der Waals surface area contributed by atoms with Crippen LogP contribution in [0.5, 0.6) is 0 Å². The first-order valence-corrected chi connectivity index (χ1v) is 13.2. The van der Waals surface area contributed by atoms with Gasteiger partial charge in [-0.25, -0.2) is 4.90 Å². The molecule has 4 aliphatic rings. The van der Waals surface area contributed by atoms with Gasteiger partial charge in [-0.15, -0.1) is 0 Å². The molecule has 2 bridgehead atoms. The van der Waals surface area contributed by atoms with Crippen LogP contribution in [0.3, 0.4) is 0 Å². The van der Waals surface area contributed by atoms with Crippen molar-refractivity contribution in [2.24, 2.45) is 11.8 Å². The summed E-state index contributed by atoms with van der Waals surface area (Å²) >= 11 is 10.3. The van der Waals surface area contributed by atoms with Crippen molar-refractivity contribution < 1.29 is 14.4 Å². The molecule has 8 rings (SSSR count). The van der Waals surface area contributed by atoms with Gasteiger partial charge >= 0.3 is 0 Å². The van der Waals surface area contributed by atoms with E-state index in [1.807, 2.05) is 42.5 Å². The predicted octanol–water partition coefficient (Wildman–Crippen LogP) is 6.47. The topological polar surface area (TPSA) is 54.5 Å². The van der Waals surface area contributed by atoms with Crippen LogP contribution >= 0.6 is 27.5 Å². The normalized spacial score (nSPS) is 25.0. The summed E-state index contributed by atoms with van der Waals surface area (Å²) in [6.45, 7) is 0. The third kappa shape index (κ3) is 2.93. The van der Waals surface area contributed by atoms with Gasteiger partial charge in [0.25, 0.3) is 0 Å². The number of rotatable bonds is 3. The Morgan fingerprint density at radius 2 is 1.38 bits per heavy atom. The molecule has 0 saturated carbocycles. The maximum atomic E-state index is 14.3. The van der Waals surface area contributed by atoms with Gasteiger partial charge in [0.15, 0.2) is 5.78 Å². The molecular formula is C31H19BrClNO3. The van der Waals surface area contributed by atoms with Crippen molar-refractivity contribution in [3.05, 3.63) is 135 Å². The van der Waals surface area contributed by atoms with Crippen LogP contribution < -0.4 is 4.90 Å². The molecular weight excluding hydrogens is 550 g/mol. The van der Waals surface area contributed by atoms with Gasteiger partial charge in [-0.2, -0.15) is 0 Å². The molecule has 1 heterocycles. The number of nitrogens with zero attached hydrogens (tertiary/aromatic N) is 1. The fraction of sp³-hybridized carbons (Fsp3) is 0.129. The molecule has 1 fully saturated rings. The van der Waals surface area contributed by atoms with Gasteiger partial charge in [0, 0.05) is 22.1 Å². The number of halogens is 2. The zero-order chi connectivity index (χ0) is 25.5. The van der Waals surface area contributed by atoms with Crippen molar-refractivity contribution >= 4 is 50.8 Å². The van der Waals surface area contributed by atoms with Crippen LogP contribution in [0, 0.1) is 11.8 Å². The van der Waals surface area contributed by atoms with Crippen LogP contribution in [-0.2, 0) is 13.9 Å². The number of hydrogen-bond donors (Lipinski definition) is 0. The van der Waals surface area contributed by atoms with Gasteiger partial charge in [-0.3, -0.25) is 14.4 Å². The summed E-state index contributed by atoms with van der Waals surface area (Å²) in [5.41, 5.74) is 5.09. The second kappa shape index (κ2) is 7.98. The first-order valence-electron chi connectivity index (χ1n) is 12.1. The van der Waals surface area contributed by atoms with Gasteiger partial charge < -0.3 is 0 Å². The monoisotopic (exact) mass is 567 g/mol. The molecule has 1 aliphatic heterocycles. The average Bonchev–Trinajstić information content (AvgIpc) is 3.20. The van der Waals surface area contributed by atoms with E-state index in [-0.39, 0.29) is 34.8 Å². The van der Waals surface area contributed by atoms with Crippen LogP contribution in [0.2, 0.25) is 5.02 Å². The van der Waals surface area contributed by atoms with Crippen LogP contribution in [-0.4, -0.2) is 17.6 Å². The molecule has 2 amide bonds. The third-order valence-corrected chi connectivity index (χ3v) is 9.58. The summed E-state index contributed by atoms with van der Waals surface area (Å²) in [6, 6.07) is 29.6.